The Hall–Kier alpha value is -0.950. The van der Waals surface area contributed by atoms with E-state index >= 15 is 0 Å². The number of nitrogens with zero attached hydrogens (tertiary/aromatic N) is 2. The number of hydrogen-bond acceptors (Lipinski definition) is 5. The van der Waals surface area contributed by atoms with E-state index in [0.717, 1.165) is 22.8 Å². The Morgan fingerprint density at radius 2 is 2.19 bits per heavy atom. The van der Waals surface area contributed by atoms with E-state index in [1.807, 2.05) is 30.4 Å². The van der Waals surface area contributed by atoms with Crippen LogP contribution in [0.25, 0.3) is 0 Å². The molecule has 0 bridgehead atoms. The van der Waals surface area contributed by atoms with Gasteiger partial charge in [-0.2, -0.15) is 28.5 Å². The van der Waals surface area contributed by atoms with Gasteiger partial charge in [0.1, 0.15) is 0 Å². The number of aryl methyl sites for hydroxylation is 1. The van der Waals surface area contributed by atoms with Crippen molar-refractivity contribution in [1.29, 1.82) is 0 Å². The standard InChI is InChI=1S/C14H20N2O3S2/c1-9-12(3-4-13(17)18)10(2)16(14(19)15-9)7-11-8-20-5-6-21-11/h11H,3-8H2,1-2H3,(H,17,18). The minimum Gasteiger partial charge on any atom is -0.481 e. The Morgan fingerprint density at radius 1 is 1.43 bits per heavy atom. The van der Waals surface area contributed by atoms with Crippen molar-refractivity contribution in [1.82, 2.24) is 9.55 Å². The first-order chi connectivity index (χ1) is 9.99. The van der Waals surface area contributed by atoms with E-state index in [1.165, 1.54) is 5.75 Å². The summed E-state index contributed by atoms with van der Waals surface area (Å²) in [6.45, 7) is 4.34. The number of carboxylic acids is 1. The molecule has 1 saturated heterocycles. The molecule has 0 aliphatic carbocycles. The average molecular weight is 328 g/mol. The van der Waals surface area contributed by atoms with Crippen molar-refractivity contribution in [2.24, 2.45) is 0 Å². The molecule has 0 radical (unpaired) electrons. The highest BCUT2D eigenvalue weighted by atomic mass is 32.2. The maximum absolute atomic E-state index is 12.1. The molecule has 21 heavy (non-hydrogen) atoms. The van der Waals surface area contributed by atoms with Crippen molar-refractivity contribution in [2.45, 2.75) is 38.5 Å². The lowest BCUT2D eigenvalue weighted by atomic mass is 10.1. The van der Waals surface area contributed by atoms with Gasteiger partial charge in [0.05, 0.1) is 0 Å². The van der Waals surface area contributed by atoms with Crippen LogP contribution in [0.1, 0.15) is 23.4 Å². The van der Waals surface area contributed by atoms with Crippen LogP contribution in [0.4, 0.5) is 0 Å². The Kier molecular flexibility index (Phi) is 5.75. The Balaban J connectivity index is 2.25. The Bertz CT molecular complexity index is 580. The number of carbonyl (C=O) groups is 1. The third-order valence-electron chi connectivity index (χ3n) is 3.63. The molecular formula is C14H20N2O3S2. The summed E-state index contributed by atoms with van der Waals surface area (Å²) >= 11 is 3.82. The third kappa shape index (κ3) is 4.26. The largest absolute Gasteiger partial charge is 0.481 e. The fourth-order valence-electron chi connectivity index (χ4n) is 2.49. The van der Waals surface area contributed by atoms with Crippen LogP contribution in [0, 0.1) is 13.8 Å². The number of hydrogen-bond donors (Lipinski definition) is 1. The fourth-order valence-corrected chi connectivity index (χ4v) is 5.15. The summed E-state index contributed by atoms with van der Waals surface area (Å²) in [6.07, 6.45) is 0.489. The second-order valence-corrected chi connectivity index (χ2v) is 7.67. The third-order valence-corrected chi connectivity index (χ3v) is 6.46. The van der Waals surface area contributed by atoms with Crippen LogP contribution in [0.5, 0.6) is 0 Å². The van der Waals surface area contributed by atoms with Crippen LogP contribution in [-0.4, -0.2) is 43.1 Å². The van der Waals surface area contributed by atoms with Gasteiger partial charge >= 0.3 is 11.7 Å². The molecule has 1 N–H and O–H groups in total. The van der Waals surface area contributed by atoms with E-state index in [9.17, 15) is 9.59 Å². The maximum Gasteiger partial charge on any atom is 0.348 e. The van der Waals surface area contributed by atoms with Gasteiger partial charge in [-0.1, -0.05) is 0 Å². The summed E-state index contributed by atoms with van der Waals surface area (Å²) in [5.74, 6) is 2.51. The van der Waals surface area contributed by atoms with Crippen LogP contribution < -0.4 is 5.69 Å². The highest BCUT2D eigenvalue weighted by molar-refractivity contribution is 8.06. The molecule has 1 aliphatic heterocycles. The van der Waals surface area contributed by atoms with Crippen molar-refractivity contribution in [3.05, 3.63) is 27.4 Å². The van der Waals surface area contributed by atoms with Crippen molar-refractivity contribution >= 4 is 29.5 Å². The molecule has 0 amide bonds. The lowest BCUT2D eigenvalue weighted by molar-refractivity contribution is -0.136. The van der Waals surface area contributed by atoms with Crippen molar-refractivity contribution < 1.29 is 9.90 Å². The van der Waals surface area contributed by atoms with Crippen molar-refractivity contribution in [2.75, 3.05) is 17.3 Å². The predicted octanol–water partition coefficient (Wildman–Crippen LogP) is 1.73. The van der Waals surface area contributed by atoms with E-state index < -0.39 is 5.97 Å². The molecule has 116 valence electrons. The molecule has 0 aromatic carbocycles. The van der Waals surface area contributed by atoms with Crippen LogP contribution in [0.2, 0.25) is 0 Å². The molecule has 1 fully saturated rings. The molecule has 1 aromatic heterocycles. The first kappa shape index (κ1) is 16.4. The average Bonchev–Trinajstić information content (AvgIpc) is 2.44. The topological polar surface area (TPSA) is 72.2 Å². The van der Waals surface area contributed by atoms with Gasteiger partial charge in [0.2, 0.25) is 0 Å². The number of aromatic nitrogens is 2. The molecule has 0 spiro atoms. The first-order valence-electron chi connectivity index (χ1n) is 6.97. The number of rotatable bonds is 5. The number of thioether (sulfide) groups is 2. The zero-order valence-corrected chi connectivity index (χ0v) is 13.9. The molecule has 2 rings (SSSR count). The van der Waals surface area contributed by atoms with Crippen LogP contribution in [0.15, 0.2) is 4.79 Å². The number of aliphatic carboxylic acids is 1. The second-order valence-electron chi connectivity index (χ2n) is 5.12. The van der Waals surface area contributed by atoms with Crippen molar-refractivity contribution in [3.63, 3.8) is 0 Å². The highest BCUT2D eigenvalue weighted by Crippen LogP contribution is 2.25. The molecule has 1 aromatic rings. The summed E-state index contributed by atoms with van der Waals surface area (Å²) in [5, 5.41) is 9.27. The predicted molar refractivity (Wildman–Crippen MR) is 87.5 cm³/mol. The zero-order chi connectivity index (χ0) is 15.4. The second kappa shape index (κ2) is 7.35. The van der Waals surface area contributed by atoms with Gasteiger partial charge in [0.25, 0.3) is 0 Å². The summed E-state index contributed by atoms with van der Waals surface area (Å²) in [7, 11) is 0. The van der Waals surface area contributed by atoms with Gasteiger partial charge in [0.15, 0.2) is 0 Å². The lowest BCUT2D eigenvalue weighted by Crippen LogP contribution is -2.33. The molecule has 1 aliphatic rings. The van der Waals surface area contributed by atoms with Crippen molar-refractivity contribution in [3.8, 4) is 0 Å². The molecular weight excluding hydrogens is 308 g/mol. The highest BCUT2D eigenvalue weighted by Gasteiger charge is 2.19. The fraction of sp³-hybridized carbons (Fsp3) is 0.643. The molecule has 0 saturated carbocycles. The van der Waals surface area contributed by atoms with Gasteiger partial charge < -0.3 is 5.11 Å². The molecule has 1 atom stereocenters. The van der Waals surface area contributed by atoms with E-state index in [-0.39, 0.29) is 12.1 Å². The van der Waals surface area contributed by atoms with E-state index in [2.05, 4.69) is 4.98 Å². The Morgan fingerprint density at radius 3 is 2.81 bits per heavy atom. The van der Waals surface area contributed by atoms with Crippen LogP contribution in [-0.2, 0) is 17.8 Å². The molecule has 2 heterocycles. The quantitative estimate of drug-likeness (QED) is 0.887. The Labute approximate surface area is 132 Å². The first-order valence-corrected chi connectivity index (χ1v) is 9.17. The summed E-state index contributed by atoms with van der Waals surface area (Å²) < 4.78 is 1.72. The molecule has 1 unspecified atom stereocenters. The van der Waals surface area contributed by atoms with E-state index in [0.29, 0.717) is 23.9 Å². The monoisotopic (exact) mass is 328 g/mol. The lowest BCUT2D eigenvalue weighted by Gasteiger charge is -2.23. The van der Waals surface area contributed by atoms with Gasteiger partial charge in [-0.05, 0) is 25.8 Å². The number of carboxylic acid groups (broad SMARTS) is 1. The summed E-state index contributed by atoms with van der Waals surface area (Å²) in [4.78, 5) is 27.0. The van der Waals surface area contributed by atoms with E-state index in [4.69, 9.17) is 5.11 Å². The summed E-state index contributed by atoms with van der Waals surface area (Å²) in [6, 6.07) is 0. The smallest absolute Gasteiger partial charge is 0.348 e. The normalized spacial score (nSPS) is 18.7. The van der Waals surface area contributed by atoms with Gasteiger partial charge in [-0.25, -0.2) is 4.79 Å². The minimum atomic E-state index is -0.828. The van der Waals surface area contributed by atoms with Gasteiger partial charge in [-0.3, -0.25) is 9.36 Å². The zero-order valence-electron chi connectivity index (χ0n) is 12.3. The van der Waals surface area contributed by atoms with Gasteiger partial charge in [0, 0.05) is 46.9 Å². The molecule has 5 nitrogen and oxygen atoms in total. The van der Waals surface area contributed by atoms with Crippen LogP contribution >= 0.6 is 23.5 Å². The minimum absolute atomic E-state index is 0.0651. The molecule has 7 heteroatoms. The maximum atomic E-state index is 12.1. The van der Waals surface area contributed by atoms with Crippen LogP contribution in [0.3, 0.4) is 0 Å². The summed E-state index contributed by atoms with van der Waals surface area (Å²) in [5.41, 5.74) is 2.19. The van der Waals surface area contributed by atoms with Gasteiger partial charge in [-0.15, -0.1) is 0 Å². The van der Waals surface area contributed by atoms with E-state index in [1.54, 1.807) is 11.5 Å². The SMILES string of the molecule is Cc1nc(=O)n(CC2CSCCS2)c(C)c1CCC(=O)O.